The Bertz CT molecular complexity index is 566. The van der Waals surface area contributed by atoms with Gasteiger partial charge in [-0.1, -0.05) is 6.92 Å². The molecular formula is C13H24N4O2S2. The van der Waals surface area contributed by atoms with E-state index in [0.29, 0.717) is 12.5 Å². The molecule has 6 nitrogen and oxygen atoms in total. The molecule has 8 heteroatoms. The maximum atomic E-state index is 11.5. The van der Waals surface area contributed by atoms with Crippen LogP contribution < -0.4 is 5.32 Å². The van der Waals surface area contributed by atoms with Gasteiger partial charge in [-0.25, -0.2) is 13.4 Å². The molecule has 1 aromatic heterocycles. The van der Waals surface area contributed by atoms with Gasteiger partial charge in [0, 0.05) is 24.7 Å². The Kier molecular flexibility index (Phi) is 7.10. The molecule has 0 unspecified atom stereocenters. The Morgan fingerprint density at radius 2 is 2.19 bits per heavy atom. The van der Waals surface area contributed by atoms with Crippen molar-refractivity contribution >= 4 is 27.1 Å². The molecule has 0 saturated carbocycles. The molecule has 0 aromatic carbocycles. The first-order valence-corrected chi connectivity index (χ1v) is 9.69. The van der Waals surface area contributed by atoms with E-state index in [-0.39, 0.29) is 18.1 Å². The summed E-state index contributed by atoms with van der Waals surface area (Å²) in [5, 5.41) is 6.23. The molecule has 0 fully saturated rings. The van der Waals surface area contributed by atoms with Crippen LogP contribution in [0, 0.1) is 6.92 Å². The minimum absolute atomic E-state index is 0.0854. The van der Waals surface area contributed by atoms with E-state index in [1.165, 1.54) is 0 Å². The van der Waals surface area contributed by atoms with Crippen molar-refractivity contribution in [2.75, 3.05) is 31.6 Å². The zero-order valence-electron chi connectivity index (χ0n) is 13.1. The number of guanidine groups is 1. The van der Waals surface area contributed by atoms with Crippen LogP contribution in [0.4, 0.5) is 0 Å². The van der Waals surface area contributed by atoms with Gasteiger partial charge in [0.25, 0.3) is 0 Å². The molecule has 0 bridgehead atoms. The van der Waals surface area contributed by atoms with E-state index in [9.17, 15) is 8.42 Å². The molecule has 1 N–H and O–H groups in total. The highest BCUT2D eigenvalue weighted by Gasteiger charge is 2.10. The van der Waals surface area contributed by atoms with Gasteiger partial charge in [-0.2, -0.15) is 0 Å². The zero-order valence-corrected chi connectivity index (χ0v) is 14.7. The maximum absolute atomic E-state index is 11.5. The number of hydrogen-bond acceptors (Lipinski definition) is 5. The normalized spacial score (nSPS) is 12.5. The summed E-state index contributed by atoms with van der Waals surface area (Å²) < 4.78 is 23.0. The maximum Gasteiger partial charge on any atom is 0.194 e. The van der Waals surface area contributed by atoms with Crippen molar-refractivity contribution in [3.05, 3.63) is 16.1 Å². The molecular weight excluding hydrogens is 308 g/mol. The second kappa shape index (κ2) is 8.33. The lowest BCUT2D eigenvalue weighted by molar-refractivity contribution is 0.471. The summed E-state index contributed by atoms with van der Waals surface area (Å²) in [5.74, 6) is 0.948. The van der Waals surface area contributed by atoms with Gasteiger partial charge in [0.2, 0.25) is 0 Å². The molecule has 0 radical (unpaired) electrons. The van der Waals surface area contributed by atoms with Crippen LogP contribution in [0.1, 0.15) is 24.5 Å². The van der Waals surface area contributed by atoms with E-state index in [0.717, 1.165) is 17.2 Å². The molecule has 1 aromatic rings. The Labute approximate surface area is 131 Å². The van der Waals surface area contributed by atoms with E-state index >= 15 is 0 Å². The van der Waals surface area contributed by atoms with Crippen molar-refractivity contribution in [1.29, 1.82) is 0 Å². The largest absolute Gasteiger partial charge is 0.357 e. The fourth-order valence-corrected chi connectivity index (χ4v) is 2.97. The average molecular weight is 332 g/mol. The standard InChI is InChI=1S/C13H24N4O2S2/c1-5-14-13(15-7-8-21(18,19)6-2)17(4)9-12-10-20-11(3)16-12/h10H,5-9H2,1-4H3,(H,14,15). The lowest BCUT2D eigenvalue weighted by Crippen LogP contribution is -2.38. The second-order valence-electron chi connectivity index (χ2n) is 4.69. The Morgan fingerprint density at radius 3 is 2.71 bits per heavy atom. The smallest absolute Gasteiger partial charge is 0.194 e. The SMILES string of the molecule is CCNC(=NCCS(=O)(=O)CC)N(C)Cc1csc(C)n1. The average Bonchev–Trinajstić information content (AvgIpc) is 2.83. The third kappa shape index (κ3) is 6.43. The molecule has 0 atom stereocenters. The van der Waals surface area contributed by atoms with E-state index in [4.69, 9.17) is 0 Å². The van der Waals surface area contributed by atoms with E-state index in [1.807, 2.05) is 31.2 Å². The Morgan fingerprint density at radius 1 is 1.48 bits per heavy atom. The number of aromatic nitrogens is 1. The fraction of sp³-hybridized carbons (Fsp3) is 0.692. The van der Waals surface area contributed by atoms with Crippen LogP contribution in [-0.4, -0.2) is 55.9 Å². The van der Waals surface area contributed by atoms with Crippen molar-refractivity contribution in [2.45, 2.75) is 27.3 Å². The predicted molar refractivity (Wildman–Crippen MR) is 88.6 cm³/mol. The minimum atomic E-state index is -2.98. The summed E-state index contributed by atoms with van der Waals surface area (Å²) in [5.41, 5.74) is 0.992. The van der Waals surface area contributed by atoms with Crippen LogP contribution in [0.25, 0.3) is 0 Å². The molecule has 0 amide bonds. The highest BCUT2D eigenvalue weighted by Crippen LogP contribution is 2.09. The van der Waals surface area contributed by atoms with Gasteiger partial charge in [-0.15, -0.1) is 11.3 Å². The van der Waals surface area contributed by atoms with Gasteiger partial charge < -0.3 is 10.2 Å². The van der Waals surface area contributed by atoms with Gasteiger partial charge in [0.15, 0.2) is 15.8 Å². The third-order valence-electron chi connectivity index (χ3n) is 2.87. The Hall–Kier alpha value is -1.15. The van der Waals surface area contributed by atoms with Crippen LogP contribution in [0.2, 0.25) is 0 Å². The van der Waals surface area contributed by atoms with E-state index < -0.39 is 9.84 Å². The van der Waals surface area contributed by atoms with Crippen molar-refractivity contribution < 1.29 is 8.42 Å². The first kappa shape index (κ1) is 17.9. The molecule has 0 aliphatic rings. The third-order valence-corrected chi connectivity index (χ3v) is 5.37. The number of thiazole rings is 1. The molecule has 0 aliphatic heterocycles. The van der Waals surface area contributed by atoms with E-state index in [1.54, 1.807) is 18.3 Å². The van der Waals surface area contributed by atoms with Crippen molar-refractivity contribution in [1.82, 2.24) is 15.2 Å². The Balaban J connectivity index is 2.66. The number of sulfone groups is 1. The fourth-order valence-electron chi connectivity index (χ4n) is 1.70. The molecule has 120 valence electrons. The monoisotopic (exact) mass is 332 g/mol. The van der Waals surface area contributed by atoms with Crippen LogP contribution >= 0.6 is 11.3 Å². The minimum Gasteiger partial charge on any atom is -0.357 e. The van der Waals surface area contributed by atoms with Crippen LogP contribution in [0.5, 0.6) is 0 Å². The zero-order chi connectivity index (χ0) is 15.9. The van der Waals surface area contributed by atoms with Gasteiger partial charge in [0.1, 0.15) is 0 Å². The van der Waals surface area contributed by atoms with Gasteiger partial charge in [0.05, 0.1) is 29.5 Å². The predicted octanol–water partition coefficient (Wildman–Crippen LogP) is 1.28. The summed E-state index contributed by atoms with van der Waals surface area (Å²) in [7, 11) is -1.05. The van der Waals surface area contributed by atoms with Crippen LogP contribution in [-0.2, 0) is 16.4 Å². The van der Waals surface area contributed by atoms with Crippen molar-refractivity contribution in [3.63, 3.8) is 0 Å². The lowest BCUT2D eigenvalue weighted by Gasteiger charge is -2.21. The van der Waals surface area contributed by atoms with Crippen LogP contribution in [0.3, 0.4) is 0 Å². The van der Waals surface area contributed by atoms with Crippen LogP contribution in [0.15, 0.2) is 10.4 Å². The van der Waals surface area contributed by atoms with E-state index in [2.05, 4.69) is 15.3 Å². The second-order valence-corrected chi connectivity index (χ2v) is 8.22. The number of nitrogens with zero attached hydrogens (tertiary/aromatic N) is 3. The first-order valence-electron chi connectivity index (χ1n) is 6.98. The first-order chi connectivity index (χ1) is 9.88. The highest BCUT2D eigenvalue weighted by atomic mass is 32.2. The quantitative estimate of drug-likeness (QED) is 0.601. The van der Waals surface area contributed by atoms with Crippen molar-refractivity contribution in [2.24, 2.45) is 4.99 Å². The number of aliphatic imine (C=N–C) groups is 1. The molecule has 1 heterocycles. The summed E-state index contributed by atoms with van der Waals surface area (Å²) in [6, 6.07) is 0. The molecule has 21 heavy (non-hydrogen) atoms. The summed E-state index contributed by atoms with van der Waals surface area (Å²) in [6.07, 6.45) is 0. The van der Waals surface area contributed by atoms with Gasteiger partial charge >= 0.3 is 0 Å². The van der Waals surface area contributed by atoms with Gasteiger partial charge in [-0.3, -0.25) is 4.99 Å². The number of aryl methyl sites for hydroxylation is 1. The topological polar surface area (TPSA) is 74.7 Å². The molecule has 0 spiro atoms. The number of nitrogens with one attached hydrogen (secondary N) is 1. The summed E-state index contributed by atoms with van der Waals surface area (Å²) >= 11 is 1.62. The number of hydrogen-bond donors (Lipinski definition) is 1. The molecule has 0 saturated heterocycles. The molecule has 0 aliphatic carbocycles. The van der Waals surface area contributed by atoms with Crippen molar-refractivity contribution in [3.8, 4) is 0 Å². The highest BCUT2D eigenvalue weighted by molar-refractivity contribution is 7.91. The summed E-state index contributed by atoms with van der Waals surface area (Å²) in [6.45, 7) is 7.28. The lowest BCUT2D eigenvalue weighted by atomic mass is 10.4. The molecule has 1 rings (SSSR count). The summed E-state index contributed by atoms with van der Waals surface area (Å²) in [4.78, 5) is 10.8. The number of rotatable bonds is 7. The van der Waals surface area contributed by atoms with Gasteiger partial charge in [-0.05, 0) is 13.8 Å².